The molecule has 142 valence electrons. The highest BCUT2D eigenvalue weighted by Gasteiger charge is 2.14. The molecule has 4 aromatic rings. The van der Waals surface area contributed by atoms with Crippen molar-refractivity contribution in [3.8, 4) is 5.75 Å². The quantitative estimate of drug-likeness (QED) is 0.312. The molecule has 0 fully saturated rings. The van der Waals surface area contributed by atoms with E-state index in [1.165, 1.54) is 0 Å². The van der Waals surface area contributed by atoms with E-state index in [-0.39, 0.29) is 6.61 Å². The van der Waals surface area contributed by atoms with Crippen molar-refractivity contribution in [1.82, 2.24) is 24.1 Å². The van der Waals surface area contributed by atoms with Crippen molar-refractivity contribution in [2.75, 3.05) is 0 Å². The zero-order valence-corrected chi connectivity index (χ0v) is 16.6. The Morgan fingerprint density at radius 2 is 2.00 bits per heavy atom. The fourth-order valence-corrected chi connectivity index (χ4v) is 3.78. The normalized spacial score (nSPS) is 11.0. The molecule has 1 aromatic carbocycles. The number of halogens is 1. The second-order valence-corrected chi connectivity index (χ2v) is 7.35. The molecule has 0 unspecified atom stereocenters. The van der Waals surface area contributed by atoms with Crippen molar-refractivity contribution in [2.45, 2.75) is 24.1 Å². The fraction of sp³-hybridized carbons (Fsp3) is 0.150. The highest BCUT2D eigenvalue weighted by molar-refractivity contribution is 7.98. The standard InChI is InChI=1S/C20H18ClN5OS/c1-2-10-26-19(13-27-17-8-4-3-7-16(17)21)23-24-20(26)28-14-15-12-25-11-6-5-9-18(25)22-15/h2-9,11-12H,1,10,13-14H2. The van der Waals surface area contributed by atoms with E-state index in [4.69, 9.17) is 16.3 Å². The predicted molar refractivity (Wildman–Crippen MR) is 111 cm³/mol. The molecule has 0 atom stereocenters. The number of hydrogen-bond donors (Lipinski definition) is 0. The van der Waals surface area contributed by atoms with Gasteiger partial charge in [-0.3, -0.25) is 4.57 Å². The van der Waals surface area contributed by atoms with Crippen molar-refractivity contribution >= 4 is 29.0 Å². The molecule has 3 heterocycles. The van der Waals surface area contributed by atoms with E-state index in [9.17, 15) is 0 Å². The highest BCUT2D eigenvalue weighted by Crippen LogP contribution is 2.25. The lowest BCUT2D eigenvalue weighted by Crippen LogP contribution is -2.07. The highest BCUT2D eigenvalue weighted by atomic mass is 35.5. The minimum absolute atomic E-state index is 0.277. The van der Waals surface area contributed by atoms with Gasteiger partial charge in [-0.1, -0.05) is 47.6 Å². The fourth-order valence-electron chi connectivity index (χ4n) is 2.74. The van der Waals surface area contributed by atoms with Crippen LogP contribution in [-0.2, 0) is 18.9 Å². The molecule has 0 amide bonds. The largest absolute Gasteiger partial charge is 0.484 e. The minimum atomic E-state index is 0.277. The molecule has 0 aliphatic rings. The average Bonchev–Trinajstić information content (AvgIpc) is 3.29. The number of allylic oxidation sites excluding steroid dienone is 1. The number of hydrogen-bond acceptors (Lipinski definition) is 5. The van der Waals surface area contributed by atoms with Gasteiger partial charge in [-0.05, 0) is 24.3 Å². The summed E-state index contributed by atoms with van der Waals surface area (Å²) in [7, 11) is 0. The molecule has 3 aromatic heterocycles. The van der Waals surface area contributed by atoms with Gasteiger partial charge in [-0.25, -0.2) is 4.98 Å². The lowest BCUT2D eigenvalue weighted by molar-refractivity contribution is 0.289. The Labute approximate surface area is 171 Å². The molecular weight excluding hydrogens is 394 g/mol. The minimum Gasteiger partial charge on any atom is -0.484 e. The first-order valence-corrected chi connectivity index (χ1v) is 10.1. The predicted octanol–water partition coefficient (Wildman–Crippen LogP) is 4.64. The molecule has 0 radical (unpaired) electrons. The summed E-state index contributed by atoms with van der Waals surface area (Å²) >= 11 is 7.74. The molecule has 4 rings (SSSR count). The summed E-state index contributed by atoms with van der Waals surface area (Å²) in [4.78, 5) is 4.62. The molecule has 0 aliphatic carbocycles. The van der Waals surface area contributed by atoms with Gasteiger partial charge in [0.2, 0.25) is 0 Å². The van der Waals surface area contributed by atoms with Gasteiger partial charge in [0, 0.05) is 24.7 Å². The molecule has 6 nitrogen and oxygen atoms in total. The van der Waals surface area contributed by atoms with E-state index in [1.54, 1.807) is 17.8 Å². The summed E-state index contributed by atoms with van der Waals surface area (Å²) in [5.41, 5.74) is 1.91. The van der Waals surface area contributed by atoms with Crippen molar-refractivity contribution in [3.63, 3.8) is 0 Å². The third-order valence-electron chi connectivity index (χ3n) is 4.06. The zero-order chi connectivity index (χ0) is 19.3. The monoisotopic (exact) mass is 411 g/mol. The van der Waals surface area contributed by atoms with Gasteiger partial charge in [0.05, 0.1) is 10.7 Å². The summed E-state index contributed by atoms with van der Waals surface area (Å²) in [6.07, 6.45) is 5.83. The number of thioether (sulfide) groups is 1. The molecule has 0 bridgehead atoms. The maximum Gasteiger partial charge on any atom is 0.191 e. The van der Waals surface area contributed by atoms with Crippen LogP contribution >= 0.6 is 23.4 Å². The van der Waals surface area contributed by atoms with Crippen LogP contribution in [0.2, 0.25) is 5.02 Å². The smallest absolute Gasteiger partial charge is 0.191 e. The van der Waals surface area contributed by atoms with Crippen LogP contribution < -0.4 is 4.74 Å². The van der Waals surface area contributed by atoms with E-state index in [0.717, 1.165) is 22.3 Å². The van der Waals surface area contributed by atoms with E-state index in [1.807, 2.05) is 63.8 Å². The molecule has 0 spiro atoms. The Morgan fingerprint density at radius 1 is 1.14 bits per heavy atom. The zero-order valence-electron chi connectivity index (χ0n) is 15.0. The van der Waals surface area contributed by atoms with Gasteiger partial charge in [-0.15, -0.1) is 16.8 Å². The number of imidazole rings is 1. The SMILES string of the molecule is C=CCn1c(COc2ccccc2Cl)nnc1SCc1cn2ccccc2n1. The second kappa shape index (κ2) is 8.50. The van der Waals surface area contributed by atoms with Gasteiger partial charge in [0.1, 0.15) is 18.0 Å². The van der Waals surface area contributed by atoms with Crippen molar-refractivity contribution in [2.24, 2.45) is 0 Å². The molecule has 28 heavy (non-hydrogen) atoms. The van der Waals surface area contributed by atoms with E-state index in [2.05, 4.69) is 21.8 Å². The number of aromatic nitrogens is 5. The Kier molecular flexibility index (Phi) is 5.64. The van der Waals surface area contributed by atoms with Crippen LogP contribution in [0.1, 0.15) is 11.5 Å². The average molecular weight is 412 g/mol. The summed E-state index contributed by atoms with van der Waals surface area (Å²) < 4.78 is 9.81. The molecule has 8 heteroatoms. The first kappa shape index (κ1) is 18.6. The summed E-state index contributed by atoms with van der Waals surface area (Å²) in [5, 5.41) is 9.97. The second-order valence-electron chi connectivity index (χ2n) is 6.00. The lowest BCUT2D eigenvalue weighted by Gasteiger charge is -2.09. The van der Waals surface area contributed by atoms with Crippen molar-refractivity contribution in [3.05, 3.63) is 84.1 Å². The third-order valence-corrected chi connectivity index (χ3v) is 5.37. The summed E-state index contributed by atoms with van der Waals surface area (Å²) in [5.74, 6) is 2.04. The molecule has 0 saturated carbocycles. The first-order valence-electron chi connectivity index (χ1n) is 8.70. The number of benzene rings is 1. The lowest BCUT2D eigenvalue weighted by atomic mass is 10.3. The Balaban J connectivity index is 1.47. The van der Waals surface area contributed by atoms with Gasteiger partial charge in [0.25, 0.3) is 0 Å². The van der Waals surface area contributed by atoms with Gasteiger partial charge >= 0.3 is 0 Å². The van der Waals surface area contributed by atoms with Crippen LogP contribution in [-0.4, -0.2) is 24.1 Å². The first-order chi connectivity index (χ1) is 13.7. The summed E-state index contributed by atoms with van der Waals surface area (Å²) in [6, 6.07) is 13.3. The summed E-state index contributed by atoms with van der Waals surface area (Å²) in [6.45, 7) is 4.71. The number of pyridine rings is 1. The van der Waals surface area contributed by atoms with Gasteiger partial charge in [-0.2, -0.15) is 0 Å². The topological polar surface area (TPSA) is 57.2 Å². The van der Waals surface area contributed by atoms with Crippen molar-refractivity contribution in [1.29, 1.82) is 0 Å². The van der Waals surface area contributed by atoms with Crippen LogP contribution in [0.4, 0.5) is 0 Å². The van der Waals surface area contributed by atoms with Gasteiger partial charge in [0.15, 0.2) is 11.0 Å². The molecule has 0 N–H and O–H groups in total. The van der Waals surface area contributed by atoms with Crippen LogP contribution in [0.15, 0.2) is 72.7 Å². The molecule has 0 aliphatic heterocycles. The number of nitrogens with zero attached hydrogens (tertiary/aromatic N) is 5. The number of ether oxygens (including phenoxy) is 1. The van der Waals surface area contributed by atoms with E-state index >= 15 is 0 Å². The van der Waals surface area contributed by atoms with Crippen molar-refractivity contribution < 1.29 is 4.74 Å². The Hall–Kier alpha value is -2.77. The van der Waals surface area contributed by atoms with Gasteiger partial charge < -0.3 is 9.14 Å². The number of fused-ring (bicyclic) bond motifs is 1. The van der Waals surface area contributed by atoms with E-state index < -0.39 is 0 Å². The van der Waals surface area contributed by atoms with Crippen LogP contribution in [0.25, 0.3) is 5.65 Å². The maximum absolute atomic E-state index is 6.15. The Morgan fingerprint density at radius 3 is 2.82 bits per heavy atom. The van der Waals surface area contributed by atoms with Crippen LogP contribution in [0, 0.1) is 0 Å². The van der Waals surface area contributed by atoms with Crippen LogP contribution in [0.3, 0.4) is 0 Å². The van der Waals surface area contributed by atoms with Crippen LogP contribution in [0.5, 0.6) is 5.75 Å². The third kappa shape index (κ3) is 4.05. The molecular formula is C20H18ClN5OS. The Bertz CT molecular complexity index is 1070. The van der Waals surface area contributed by atoms with E-state index in [0.29, 0.717) is 23.1 Å². The molecule has 0 saturated heterocycles. The maximum atomic E-state index is 6.15. The number of para-hydroxylation sites is 1. The number of rotatable bonds is 8.